The number of nitrogens with one attached hydrogen (secondary N) is 2. The molecule has 3 aromatic rings. The molecule has 3 rings (SSSR count). The largest absolute Gasteiger partial charge is 0.412 e. The van der Waals surface area contributed by atoms with Gasteiger partial charge in [0, 0.05) is 18.0 Å². The number of halogens is 3. The normalized spacial score (nSPS) is 13.1. The van der Waals surface area contributed by atoms with E-state index in [4.69, 9.17) is 0 Å². The summed E-state index contributed by atoms with van der Waals surface area (Å²) >= 11 is 1.04. The van der Waals surface area contributed by atoms with Crippen LogP contribution in [0.3, 0.4) is 0 Å². The summed E-state index contributed by atoms with van der Waals surface area (Å²) in [5.74, 6) is -1.58. The molecule has 0 fully saturated rings. The van der Waals surface area contributed by atoms with E-state index in [9.17, 15) is 22.8 Å². The number of thioether (sulfide) groups is 1. The molecule has 0 aliphatic rings. The highest BCUT2D eigenvalue weighted by Crippen LogP contribution is 2.32. The summed E-state index contributed by atoms with van der Waals surface area (Å²) in [4.78, 5) is 29.1. The quantitative estimate of drug-likeness (QED) is 0.383. The van der Waals surface area contributed by atoms with Gasteiger partial charge in [-0.2, -0.15) is 17.9 Å². The summed E-state index contributed by atoms with van der Waals surface area (Å²) in [5.41, 5.74) is 0.506. The van der Waals surface area contributed by atoms with Gasteiger partial charge in [-0.05, 0) is 35.0 Å². The maximum Gasteiger partial charge on any atom is 0.412 e. The van der Waals surface area contributed by atoms with Gasteiger partial charge in [0.05, 0.1) is 11.4 Å². The molecular weight excluding hydrogens is 483 g/mol. The molecule has 0 saturated heterocycles. The van der Waals surface area contributed by atoms with Crippen LogP contribution in [-0.2, 0) is 9.59 Å². The van der Waals surface area contributed by atoms with Crippen LogP contribution in [0, 0.1) is 0 Å². The van der Waals surface area contributed by atoms with Crippen molar-refractivity contribution < 1.29 is 22.8 Å². The first-order chi connectivity index (χ1) is 16.8. The van der Waals surface area contributed by atoms with Crippen molar-refractivity contribution in [2.45, 2.75) is 49.6 Å². The summed E-state index contributed by atoms with van der Waals surface area (Å²) < 4.78 is 42.4. The van der Waals surface area contributed by atoms with Gasteiger partial charge in [-0.25, -0.2) is 0 Å². The van der Waals surface area contributed by atoms with Crippen LogP contribution in [0.4, 0.5) is 13.2 Å². The minimum Gasteiger partial charge on any atom is -0.344 e. The number of carbonyl (C=O) groups excluding carboxylic acids is 2. The average Bonchev–Trinajstić information content (AvgIpc) is 3.32. The number of amides is 2. The number of carbonyl (C=O) groups is 2. The lowest BCUT2D eigenvalue weighted by molar-refractivity contribution is -0.164. The standard InChI is InChI=1S/C22H24F3N7O2S/c1-2-3-11-17(20(34)28-19(22(23,24)25)15-8-7-12-26-13-15)27-18(33)14-35-21-29-30-31-32(21)16-9-5-4-6-10-16/h4-10,12-13,17,19H,2-3,11,14H2,1H3,(H,27,33)(H,28,34)/t17-,19?/m0/s1. The molecule has 0 spiro atoms. The van der Waals surface area contributed by atoms with Gasteiger partial charge in [-0.1, -0.05) is 55.8 Å². The number of benzene rings is 1. The van der Waals surface area contributed by atoms with Crippen LogP contribution in [0.15, 0.2) is 60.0 Å². The average molecular weight is 508 g/mol. The van der Waals surface area contributed by atoms with Crippen molar-refractivity contribution in [1.82, 2.24) is 35.8 Å². The molecule has 2 heterocycles. The fraction of sp³-hybridized carbons (Fsp3) is 0.364. The minimum absolute atomic E-state index is 0.131. The van der Waals surface area contributed by atoms with Crippen molar-refractivity contribution in [2.75, 3.05) is 5.75 Å². The minimum atomic E-state index is -4.73. The summed E-state index contributed by atoms with van der Waals surface area (Å²) in [7, 11) is 0. The van der Waals surface area contributed by atoms with Crippen LogP contribution < -0.4 is 10.6 Å². The number of pyridine rings is 1. The third-order valence-corrected chi connectivity index (χ3v) is 5.82. The van der Waals surface area contributed by atoms with Crippen LogP contribution in [0.25, 0.3) is 5.69 Å². The molecule has 9 nitrogen and oxygen atoms in total. The summed E-state index contributed by atoms with van der Waals surface area (Å²) in [5, 5.41) is 16.4. The topological polar surface area (TPSA) is 115 Å². The number of unbranched alkanes of at least 4 members (excludes halogenated alkanes) is 1. The number of hydrogen-bond acceptors (Lipinski definition) is 7. The summed E-state index contributed by atoms with van der Waals surface area (Å²) in [6, 6.07) is 8.28. The van der Waals surface area contributed by atoms with Gasteiger partial charge in [0.15, 0.2) is 6.04 Å². The predicted octanol–water partition coefficient (Wildman–Crippen LogP) is 3.24. The van der Waals surface area contributed by atoms with E-state index in [0.717, 1.165) is 18.0 Å². The number of para-hydroxylation sites is 1. The zero-order chi connectivity index (χ0) is 25.3. The second-order valence-electron chi connectivity index (χ2n) is 7.53. The molecule has 2 atom stereocenters. The first-order valence-corrected chi connectivity index (χ1v) is 11.8. The molecule has 35 heavy (non-hydrogen) atoms. The first-order valence-electron chi connectivity index (χ1n) is 10.8. The van der Waals surface area contributed by atoms with E-state index in [0.29, 0.717) is 23.7 Å². The molecule has 2 amide bonds. The van der Waals surface area contributed by atoms with E-state index < -0.39 is 30.1 Å². The molecule has 1 aromatic carbocycles. The molecule has 2 N–H and O–H groups in total. The van der Waals surface area contributed by atoms with E-state index in [1.165, 1.54) is 23.0 Å². The van der Waals surface area contributed by atoms with E-state index >= 15 is 0 Å². The van der Waals surface area contributed by atoms with E-state index in [2.05, 4.69) is 25.8 Å². The Morgan fingerprint density at radius 3 is 2.54 bits per heavy atom. The van der Waals surface area contributed by atoms with Crippen LogP contribution in [0.2, 0.25) is 0 Å². The molecule has 0 bridgehead atoms. The molecule has 0 saturated carbocycles. The molecule has 0 aliphatic heterocycles. The van der Waals surface area contributed by atoms with Gasteiger partial charge in [-0.15, -0.1) is 5.10 Å². The Hall–Kier alpha value is -3.48. The van der Waals surface area contributed by atoms with Crippen molar-refractivity contribution in [3.05, 3.63) is 60.4 Å². The molecule has 186 valence electrons. The second-order valence-corrected chi connectivity index (χ2v) is 8.47. The highest BCUT2D eigenvalue weighted by Gasteiger charge is 2.43. The van der Waals surface area contributed by atoms with Gasteiger partial charge in [0.2, 0.25) is 17.0 Å². The monoisotopic (exact) mass is 507 g/mol. The predicted molar refractivity (Wildman–Crippen MR) is 123 cm³/mol. The fourth-order valence-corrected chi connectivity index (χ4v) is 3.89. The first kappa shape index (κ1) is 26.1. The van der Waals surface area contributed by atoms with Gasteiger partial charge >= 0.3 is 6.18 Å². The van der Waals surface area contributed by atoms with Gasteiger partial charge in [0.1, 0.15) is 6.04 Å². The number of tetrazole rings is 1. The van der Waals surface area contributed by atoms with E-state index in [1.54, 1.807) is 12.1 Å². The molecule has 0 aliphatic carbocycles. The third kappa shape index (κ3) is 7.50. The van der Waals surface area contributed by atoms with E-state index in [-0.39, 0.29) is 17.7 Å². The lowest BCUT2D eigenvalue weighted by Crippen LogP contribution is -2.50. The van der Waals surface area contributed by atoms with Crippen LogP contribution >= 0.6 is 11.8 Å². The Morgan fingerprint density at radius 2 is 1.89 bits per heavy atom. The second kappa shape index (κ2) is 12.3. The Morgan fingerprint density at radius 1 is 1.11 bits per heavy atom. The van der Waals surface area contributed by atoms with Crippen molar-refractivity contribution in [3.8, 4) is 5.69 Å². The smallest absolute Gasteiger partial charge is 0.344 e. The molecular formula is C22H24F3N7O2S. The molecule has 13 heteroatoms. The SMILES string of the molecule is CCCC[C@H](NC(=O)CSc1nnnn1-c1ccccc1)C(=O)NC(c1cccnc1)C(F)(F)F. The van der Waals surface area contributed by atoms with Crippen LogP contribution in [0.1, 0.15) is 37.8 Å². The van der Waals surface area contributed by atoms with Crippen molar-refractivity contribution in [1.29, 1.82) is 0 Å². The van der Waals surface area contributed by atoms with Crippen LogP contribution in [0.5, 0.6) is 0 Å². The zero-order valence-corrected chi connectivity index (χ0v) is 19.6. The lowest BCUT2D eigenvalue weighted by atomic mass is 10.1. The zero-order valence-electron chi connectivity index (χ0n) is 18.8. The number of alkyl halides is 3. The maximum atomic E-state index is 13.6. The van der Waals surface area contributed by atoms with Crippen molar-refractivity contribution in [2.24, 2.45) is 0 Å². The van der Waals surface area contributed by atoms with Gasteiger partial charge in [-0.3, -0.25) is 14.6 Å². The van der Waals surface area contributed by atoms with Crippen molar-refractivity contribution in [3.63, 3.8) is 0 Å². The number of rotatable bonds is 11. The highest BCUT2D eigenvalue weighted by molar-refractivity contribution is 7.99. The molecule has 2 aromatic heterocycles. The summed E-state index contributed by atoms with van der Waals surface area (Å²) in [6.45, 7) is 1.88. The number of hydrogen-bond donors (Lipinski definition) is 2. The Bertz CT molecular complexity index is 1100. The van der Waals surface area contributed by atoms with Crippen LogP contribution in [-0.4, -0.2) is 55.0 Å². The Labute approximate surface area is 203 Å². The number of nitrogens with zero attached hydrogens (tertiary/aromatic N) is 5. The summed E-state index contributed by atoms with van der Waals surface area (Å²) in [6.07, 6.45) is -0.909. The van der Waals surface area contributed by atoms with E-state index in [1.807, 2.05) is 30.4 Å². The molecule has 0 radical (unpaired) electrons. The Balaban J connectivity index is 1.65. The van der Waals surface area contributed by atoms with Crippen molar-refractivity contribution >= 4 is 23.6 Å². The lowest BCUT2D eigenvalue weighted by Gasteiger charge is -2.25. The Kier molecular flexibility index (Phi) is 9.18. The maximum absolute atomic E-state index is 13.6. The number of aromatic nitrogens is 5. The third-order valence-electron chi connectivity index (χ3n) is 4.90. The molecule has 1 unspecified atom stereocenters. The van der Waals surface area contributed by atoms with Gasteiger partial charge < -0.3 is 10.6 Å². The highest BCUT2D eigenvalue weighted by atomic mass is 32.2. The fourth-order valence-electron chi connectivity index (χ4n) is 3.19. The van der Waals surface area contributed by atoms with Gasteiger partial charge in [0.25, 0.3) is 0 Å².